The molecule has 80 valence electrons. The predicted molar refractivity (Wildman–Crippen MR) is 57.3 cm³/mol. The van der Waals surface area contributed by atoms with Gasteiger partial charge in [-0.05, 0) is 0 Å². The van der Waals surface area contributed by atoms with Crippen molar-refractivity contribution in [3.05, 3.63) is 0 Å². The summed E-state index contributed by atoms with van der Waals surface area (Å²) in [6.45, 7) is 4.87. The van der Waals surface area contributed by atoms with Crippen LogP contribution in [0.2, 0.25) is 0 Å². The molecule has 0 aromatic rings. The maximum absolute atomic E-state index is 7.00. The van der Waals surface area contributed by atoms with Gasteiger partial charge in [-0.1, -0.05) is 11.6 Å². The van der Waals surface area contributed by atoms with E-state index in [9.17, 15) is 0 Å². The number of hydrogen-bond donors (Lipinski definition) is 2. The van der Waals surface area contributed by atoms with Crippen LogP contribution in [0.3, 0.4) is 0 Å². The van der Waals surface area contributed by atoms with Gasteiger partial charge in [0.1, 0.15) is 0 Å². The van der Waals surface area contributed by atoms with Crippen molar-refractivity contribution in [3.8, 4) is 0 Å². The molecule has 3 N–H and O–H groups in total. The van der Waals surface area contributed by atoms with Crippen molar-refractivity contribution in [2.24, 2.45) is 10.7 Å². The average Bonchev–Trinajstić information content (AvgIpc) is 2.19. The molecule has 0 amide bonds. The number of halogens is 1. The highest BCUT2D eigenvalue weighted by atomic mass is 35.5. The highest BCUT2D eigenvalue weighted by Crippen LogP contribution is 1.95. The normalized spacial score (nSPS) is 19.6. The van der Waals surface area contributed by atoms with Crippen LogP contribution in [-0.2, 0) is 4.74 Å². The summed E-state index contributed by atoms with van der Waals surface area (Å²) >= 11 is 5.34. The van der Waals surface area contributed by atoms with Gasteiger partial charge in [0.05, 0.1) is 19.8 Å². The van der Waals surface area contributed by atoms with Crippen LogP contribution in [0.4, 0.5) is 0 Å². The van der Waals surface area contributed by atoms with E-state index >= 15 is 0 Å². The Morgan fingerprint density at radius 3 is 2.71 bits per heavy atom. The number of aliphatic imine (C=N–C) groups is 1. The highest BCUT2D eigenvalue weighted by molar-refractivity contribution is 6.82. The van der Waals surface area contributed by atoms with Crippen LogP contribution in [0.1, 0.15) is 0 Å². The van der Waals surface area contributed by atoms with Gasteiger partial charge in [-0.2, -0.15) is 0 Å². The number of ether oxygens (including phenoxy) is 1. The third-order valence-electron chi connectivity index (χ3n) is 2.03. The molecule has 0 unspecified atom stereocenters. The van der Waals surface area contributed by atoms with Gasteiger partial charge in [-0.3, -0.25) is 15.3 Å². The first-order valence-electron chi connectivity index (χ1n) is 4.54. The van der Waals surface area contributed by atoms with Crippen molar-refractivity contribution in [2.75, 3.05) is 39.4 Å². The molecule has 1 aliphatic heterocycles. The van der Waals surface area contributed by atoms with E-state index in [4.69, 9.17) is 27.5 Å². The molecule has 0 bridgehead atoms. The third kappa shape index (κ3) is 4.04. The minimum Gasteiger partial charge on any atom is -0.381 e. The summed E-state index contributed by atoms with van der Waals surface area (Å²) in [6, 6.07) is 0. The van der Waals surface area contributed by atoms with Crippen LogP contribution in [0.5, 0.6) is 0 Å². The summed E-state index contributed by atoms with van der Waals surface area (Å²) < 4.78 is 5.21. The zero-order chi connectivity index (χ0) is 10.4. The van der Waals surface area contributed by atoms with Crippen molar-refractivity contribution in [1.82, 2.24) is 4.90 Å². The van der Waals surface area contributed by atoms with E-state index in [0.29, 0.717) is 6.54 Å². The molecule has 14 heavy (non-hydrogen) atoms. The molecular weight excluding hydrogens is 204 g/mol. The standard InChI is InChI=1S/C8H15ClN4O/c9-7(10)8(11)12-1-2-13-3-5-14-6-4-13/h10H,1-6H2,(H2,11,12). The molecule has 1 aliphatic rings. The molecule has 0 radical (unpaired) electrons. The van der Waals surface area contributed by atoms with E-state index in [2.05, 4.69) is 9.89 Å². The van der Waals surface area contributed by atoms with E-state index < -0.39 is 0 Å². The molecule has 5 nitrogen and oxygen atoms in total. The quantitative estimate of drug-likeness (QED) is 0.511. The minimum absolute atomic E-state index is 0.111. The average molecular weight is 219 g/mol. The molecular formula is C8H15ClN4O. The zero-order valence-corrected chi connectivity index (χ0v) is 8.76. The van der Waals surface area contributed by atoms with Crippen LogP contribution >= 0.6 is 11.6 Å². The molecule has 1 fully saturated rings. The maximum atomic E-state index is 7.00. The lowest BCUT2D eigenvalue weighted by atomic mass is 10.4. The lowest BCUT2D eigenvalue weighted by Crippen LogP contribution is -2.38. The highest BCUT2D eigenvalue weighted by Gasteiger charge is 2.08. The first-order chi connectivity index (χ1) is 6.70. The summed E-state index contributed by atoms with van der Waals surface area (Å²) in [4.78, 5) is 6.22. The second kappa shape index (κ2) is 5.95. The fourth-order valence-electron chi connectivity index (χ4n) is 1.21. The van der Waals surface area contributed by atoms with Gasteiger partial charge in [-0.15, -0.1) is 0 Å². The molecule has 0 aromatic heterocycles. The lowest BCUT2D eigenvalue weighted by Gasteiger charge is -2.25. The van der Waals surface area contributed by atoms with Crippen LogP contribution < -0.4 is 5.73 Å². The van der Waals surface area contributed by atoms with Crippen LogP contribution in [0.25, 0.3) is 0 Å². The van der Waals surface area contributed by atoms with Crippen molar-refractivity contribution in [3.63, 3.8) is 0 Å². The summed E-state index contributed by atoms with van der Waals surface area (Å²) in [7, 11) is 0. The lowest BCUT2D eigenvalue weighted by molar-refractivity contribution is 0.0394. The monoisotopic (exact) mass is 218 g/mol. The largest absolute Gasteiger partial charge is 0.381 e. The smallest absolute Gasteiger partial charge is 0.163 e. The summed E-state index contributed by atoms with van der Waals surface area (Å²) in [5, 5.41) is 6.81. The number of nitrogens with two attached hydrogens (primary N) is 1. The third-order valence-corrected chi connectivity index (χ3v) is 2.22. The molecule has 1 heterocycles. The second-order valence-corrected chi connectivity index (χ2v) is 3.41. The van der Waals surface area contributed by atoms with E-state index in [0.717, 1.165) is 32.8 Å². The van der Waals surface area contributed by atoms with Crippen LogP contribution in [0.15, 0.2) is 4.99 Å². The van der Waals surface area contributed by atoms with E-state index in [1.165, 1.54) is 0 Å². The Balaban J connectivity index is 2.19. The Morgan fingerprint density at radius 1 is 1.50 bits per heavy atom. The first-order valence-corrected chi connectivity index (χ1v) is 4.92. The number of amidine groups is 1. The van der Waals surface area contributed by atoms with E-state index in [1.807, 2.05) is 0 Å². The molecule has 1 saturated heterocycles. The van der Waals surface area contributed by atoms with Gasteiger partial charge < -0.3 is 10.5 Å². The number of nitrogens with zero attached hydrogens (tertiary/aromatic N) is 2. The topological polar surface area (TPSA) is 74.7 Å². The van der Waals surface area contributed by atoms with Gasteiger partial charge >= 0.3 is 0 Å². The van der Waals surface area contributed by atoms with Crippen LogP contribution in [0, 0.1) is 5.41 Å². The molecule has 0 aliphatic carbocycles. The molecule has 0 saturated carbocycles. The van der Waals surface area contributed by atoms with E-state index in [-0.39, 0.29) is 11.0 Å². The van der Waals surface area contributed by atoms with E-state index in [1.54, 1.807) is 0 Å². The Bertz CT molecular complexity index is 225. The zero-order valence-electron chi connectivity index (χ0n) is 8.00. The van der Waals surface area contributed by atoms with Gasteiger partial charge in [0, 0.05) is 19.6 Å². The fourth-order valence-corrected chi connectivity index (χ4v) is 1.27. The van der Waals surface area contributed by atoms with Crippen molar-refractivity contribution in [2.45, 2.75) is 0 Å². The minimum atomic E-state index is -0.188. The molecule has 1 rings (SSSR count). The first kappa shape index (κ1) is 11.4. The summed E-state index contributed by atoms with van der Waals surface area (Å²) in [5.41, 5.74) is 5.38. The summed E-state index contributed by atoms with van der Waals surface area (Å²) in [5.74, 6) is 0.111. The molecule has 6 heteroatoms. The predicted octanol–water partition coefficient (Wildman–Crippen LogP) is -0.108. The Morgan fingerprint density at radius 2 is 2.14 bits per heavy atom. The molecule has 0 aromatic carbocycles. The van der Waals surface area contributed by atoms with Gasteiger partial charge in [-0.25, -0.2) is 0 Å². The van der Waals surface area contributed by atoms with Crippen molar-refractivity contribution in [1.29, 1.82) is 5.41 Å². The van der Waals surface area contributed by atoms with Crippen LogP contribution in [-0.4, -0.2) is 55.3 Å². The Hall–Kier alpha value is -0.650. The molecule has 0 atom stereocenters. The number of nitrogens with one attached hydrogen (secondary N) is 1. The number of hydrogen-bond acceptors (Lipinski definition) is 4. The Kier molecular flexibility index (Phi) is 4.86. The summed E-state index contributed by atoms with van der Waals surface area (Å²) in [6.07, 6.45) is 0. The van der Waals surface area contributed by atoms with Gasteiger partial charge in [0.25, 0.3) is 0 Å². The molecule has 0 spiro atoms. The van der Waals surface area contributed by atoms with Crippen molar-refractivity contribution >= 4 is 22.6 Å². The number of morpholine rings is 1. The van der Waals surface area contributed by atoms with Crippen molar-refractivity contribution < 1.29 is 4.74 Å². The maximum Gasteiger partial charge on any atom is 0.163 e. The van der Waals surface area contributed by atoms with Gasteiger partial charge in [0.15, 0.2) is 11.0 Å². The SMILES string of the molecule is N=C(Cl)C(N)=NCCN1CCOCC1. The second-order valence-electron chi connectivity index (χ2n) is 3.03. The fraction of sp³-hybridized carbons (Fsp3) is 0.750. The Labute approximate surface area is 88.4 Å². The van der Waals surface area contributed by atoms with Gasteiger partial charge in [0.2, 0.25) is 0 Å². The number of rotatable bonds is 4.